The van der Waals surface area contributed by atoms with Gasteiger partial charge in [-0.2, -0.15) is 0 Å². The smallest absolute Gasteiger partial charge is 0.225 e. The lowest BCUT2D eigenvalue weighted by molar-refractivity contribution is -0.155. The number of hydrogen-bond donors (Lipinski definition) is 2. The van der Waals surface area contributed by atoms with E-state index < -0.39 is 17.9 Å². The van der Waals surface area contributed by atoms with Crippen molar-refractivity contribution >= 4 is 23.5 Å². The number of carbonyl (C=O) groups is 2. The molecule has 2 heterocycles. The second-order valence-corrected chi connectivity index (χ2v) is 7.13. The third-order valence-electron chi connectivity index (χ3n) is 4.26. The van der Waals surface area contributed by atoms with Gasteiger partial charge >= 0.3 is 0 Å². The molecule has 2 bridgehead atoms. The zero-order chi connectivity index (χ0) is 15.9. The predicted octanol–water partition coefficient (Wildman–Crippen LogP) is 0.280. The van der Waals surface area contributed by atoms with Gasteiger partial charge in [0.2, 0.25) is 5.91 Å². The molecule has 2 saturated heterocycles. The molecule has 0 aromatic rings. The first kappa shape index (κ1) is 16.5. The number of ether oxygens (including phenoxy) is 1. The molecule has 2 rings (SSSR count). The third-order valence-corrected chi connectivity index (χ3v) is 5.87. The van der Waals surface area contributed by atoms with Gasteiger partial charge in [-0.25, -0.2) is 0 Å². The molecule has 7 heteroatoms. The lowest BCUT2D eigenvalue weighted by Gasteiger charge is -2.37. The number of Topliss-reactive ketones (excluding diaryl/α,β-unsaturated/α-hetero) is 1. The fourth-order valence-electron chi connectivity index (χ4n) is 2.74. The summed E-state index contributed by atoms with van der Waals surface area (Å²) in [4.78, 5) is 24.6. The number of ketones is 1. The predicted molar refractivity (Wildman–Crippen MR) is 78.5 cm³/mol. The van der Waals surface area contributed by atoms with Crippen molar-refractivity contribution in [2.45, 2.75) is 56.1 Å². The Morgan fingerprint density at radius 1 is 1.38 bits per heavy atom. The average Bonchev–Trinajstić information content (AvgIpc) is 2.82. The molecule has 0 spiro atoms. The fraction of sp³-hybridized carbons (Fsp3) is 0.714. The minimum Gasteiger partial charge on any atom is -0.393 e. The van der Waals surface area contributed by atoms with Gasteiger partial charge in [-0.05, 0) is 13.8 Å². The first-order chi connectivity index (χ1) is 9.74. The highest BCUT2D eigenvalue weighted by Gasteiger charge is 2.65. The van der Waals surface area contributed by atoms with E-state index in [2.05, 4.69) is 0 Å². The molecule has 0 radical (unpaired) electrons. The number of amides is 1. The van der Waals surface area contributed by atoms with Crippen molar-refractivity contribution in [3.63, 3.8) is 0 Å². The minimum atomic E-state index is -1.05. The van der Waals surface area contributed by atoms with Gasteiger partial charge in [0.15, 0.2) is 12.0 Å². The van der Waals surface area contributed by atoms with Gasteiger partial charge in [0.1, 0.15) is 11.7 Å². The summed E-state index contributed by atoms with van der Waals surface area (Å²) in [6, 6.07) is 0. The number of nitrogens with zero attached hydrogens (tertiary/aromatic N) is 1. The Labute approximate surface area is 128 Å². The minimum absolute atomic E-state index is 0.0644. The van der Waals surface area contributed by atoms with E-state index in [-0.39, 0.29) is 28.8 Å². The quantitative estimate of drug-likeness (QED) is 0.725. The summed E-state index contributed by atoms with van der Waals surface area (Å²) in [5.41, 5.74) is -0.617. The standard InChI is InChI=1S/C14H21NO5S/c1-7(8(2)17)5-15(10(4)18)13-11-12(19)14(6-16,20-13)9(3)21-11/h5,9,11-13,16,19H,6H2,1-4H3/b7-5-/t9-,11+,12-,13+,14-/m0/s1. The van der Waals surface area contributed by atoms with Crippen LogP contribution in [0.15, 0.2) is 11.8 Å². The highest BCUT2D eigenvalue weighted by molar-refractivity contribution is 8.01. The van der Waals surface area contributed by atoms with Crippen molar-refractivity contribution in [1.82, 2.24) is 4.90 Å². The van der Waals surface area contributed by atoms with Crippen molar-refractivity contribution < 1.29 is 24.5 Å². The molecular weight excluding hydrogens is 294 g/mol. The highest BCUT2D eigenvalue weighted by Crippen LogP contribution is 2.53. The van der Waals surface area contributed by atoms with E-state index >= 15 is 0 Å². The zero-order valence-corrected chi connectivity index (χ0v) is 13.4. The normalized spacial score (nSPS) is 38.7. The van der Waals surface area contributed by atoms with E-state index in [0.717, 1.165) is 0 Å². The maximum atomic E-state index is 11.9. The molecule has 0 saturated carbocycles. The summed E-state index contributed by atoms with van der Waals surface area (Å²) in [5, 5.41) is 19.6. The summed E-state index contributed by atoms with van der Waals surface area (Å²) in [6.45, 7) is 6.00. The Balaban J connectivity index is 2.31. The van der Waals surface area contributed by atoms with Crippen LogP contribution in [-0.4, -0.2) is 61.8 Å². The van der Waals surface area contributed by atoms with E-state index in [1.54, 1.807) is 6.92 Å². The van der Waals surface area contributed by atoms with Crippen LogP contribution in [-0.2, 0) is 14.3 Å². The molecular formula is C14H21NO5S. The van der Waals surface area contributed by atoms with Gasteiger partial charge in [0.05, 0.1) is 11.9 Å². The first-order valence-corrected chi connectivity index (χ1v) is 7.79. The van der Waals surface area contributed by atoms with Crippen molar-refractivity contribution in [3.8, 4) is 0 Å². The molecule has 0 aromatic heterocycles. The summed E-state index contributed by atoms with van der Waals surface area (Å²) < 4.78 is 5.85. The van der Waals surface area contributed by atoms with Crippen LogP contribution in [0.2, 0.25) is 0 Å². The Hall–Kier alpha value is -0.890. The summed E-state index contributed by atoms with van der Waals surface area (Å²) in [7, 11) is 0. The van der Waals surface area contributed by atoms with Gasteiger partial charge in [0, 0.05) is 23.9 Å². The molecule has 2 aliphatic rings. The van der Waals surface area contributed by atoms with Gasteiger partial charge in [0.25, 0.3) is 0 Å². The number of allylic oxidation sites excluding steroid dienone is 1. The Bertz CT molecular complexity index is 494. The fourth-order valence-corrected chi connectivity index (χ4v) is 4.41. The van der Waals surface area contributed by atoms with Crippen LogP contribution in [0, 0.1) is 0 Å². The number of hydrogen-bond acceptors (Lipinski definition) is 6. The molecule has 5 atom stereocenters. The Kier molecular flexibility index (Phi) is 4.49. The lowest BCUT2D eigenvalue weighted by Crippen LogP contribution is -2.50. The van der Waals surface area contributed by atoms with Crippen molar-refractivity contribution in [2.75, 3.05) is 6.61 Å². The Morgan fingerprint density at radius 2 is 2.00 bits per heavy atom. The molecule has 6 nitrogen and oxygen atoms in total. The van der Waals surface area contributed by atoms with Gasteiger partial charge < -0.3 is 14.9 Å². The molecule has 2 N–H and O–H groups in total. The van der Waals surface area contributed by atoms with E-state index in [0.29, 0.717) is 5.57 Å². The number of rotatable bonds is 4. The topological polar surface area (TPSA) is 87.1 Å². The molecule has 2 fully saturated rings. The van der Waals surface area contributed by atoms with Crippen LogP contribution in [0.25, 0.3) is 0 Å². The zero-order valence-electron chi connectivity index (χ0n) is 12.6. The van der Waals surface area contributed by atoms with E-state index in [4.69, 9.17) is 4.74 Å². The summed E-state index contributed by atoms with van der Waals surface area (Å²) >= 11 is 1.49. The average molecular weight is 315 g/mol. The second kappa shape index (κ2) is 5.72. The van der Waals surface area contributed by atoms with Crippen LogP contribution in [0.1, 0.15) is 27.7 Å². The highest BCUT2D eigenvalue weighted by atomic mass is 32.2. The van der Waals surface area contributed by atoms with Crippen LogP contribution < -0.4 is 0 Å². The number of aliphatic hydroxyl groups is 2. The van der Waals surface area contributed by atoms with Gasteiger partial charge in [-0.3, -0.25) is 14.5 Å². The molecule has 0 aliphatic carbocycles. The first-order valence-electron chi connectivity index (χ1n) is 6.85. The maximum absolute atomic E-state index is 11.9. The van der Waals surface area contributed by atoms with E-state index in [1.165, 1.54) is 36.7 Å². The van der Waals surface area contributed by atoms with Gasteiger partial charge in [-0.1, -0.05) is 6.92 Å². The molecule has 0 aromatic carbocycles. The van der Waals surface area contributed by atoms with E-state index in [9.17, 15) is 19.8 Å². The Morgan fingerprint density at radius 3 is 2.43 bits per heavy atom. The largest absolute Gasteiger partial charge is 0.393 e. The molecule has 2 aliphatic heterocycles. The van der Waals surface area contributed by atoms with Crippen LogP contribution in [0.3, 0.4) is 0 Å². The molecule has 21 heavy (non-hydrogen) atoms. The SMILES string of the molecule is CC(=O)/C(C)=C\N(C(C)=O)[C@@H]1O[C@@]2(CO)[C@H](C)S[C@@H]1[C@@H]2O. The summed E-state index contributed by atoms with van der Waals surface area (Å²) in [6.07, 6.45) is -0.0699. The maximum Gasteiger partial charge on any atom is 0.225 e. The number of fused-ring (bicyclic) bond motifs is 2. The third kappa shape index (κ3) is 2.52. The molecule has 0 unspecified atom stereocenters. The van der Waals surface area contributed by atoms with Crippen molar-refractivity contribution in [3.05, 3.63) is 11.8 Å². The second-order valence-electron chi connectivity index (χ2n) is 5.60. The van der Waals surface area contributed by atoms with Crippen molar-refractivity contribution in [2.24, 2.45) is 0 Å². The van der Waals surface area contributed by atoms with Crippen LogP contribution in [0.5, 0.6) is 0 Å². The molecule has 118 valence electrons. The summed E-state index contributed by atoms with van der Waals surface area (Å²) in [5.74, 6) is -0.412. The lowest BCUT2D eigenvalue weighted by atomic mass is 9.95. The molecule has 1 amide bonds. The van der Waals surface area contributed by atoms with Crippen LogP contribution >= 0.6 is 11.8 Å². The number of carbonyl (C=O) groups excluding carboxylic acids is 2. The van der Waals surface area contributed by atoms with E-state index in [1.807, 2.05) is 6.92 Å². The number of thioether (sulfide) groups is 1. The van der Waals surface area contributed by atoms with Gasteiger partial charge in [-0.15, -0.1) is 11.8 Å². The monoisotopic (exact) mass is 315 g/mol. The van der Waals surface area contributed by atoms with Crippen LogP contribution in [0.4, 0.5) is 0 Å². The van der Waals surface area contributed by atoms with Crippen molar-refractivity contribution in [1.29, 1.82) is 0 Å². The number of aliphatic hydroxyl groups excluding tert-OH is 2.